The molecule has 5 rings (SSSR count). The average Bonchev–Trinajstić information content (AvgIpc) is 3.47. The molecule has 7 nitrogen and oxygen atoms in total. The summed E-state index contributed by atoms with van der Waals surface area (Å²) in [5, 5.41) is 15.0. The van der Waals surface area contributed by atoms with Gasteiger partial charge in [0.2, 0.25) is 5.91 Å². The van der Waals surface area contributed by atoms with E-state index in [0.717, 1.165) is 31.5 Å². The third-order valence-electron chi connectivity index (χ3n) is 6.18. The Morgan fingerprint density at radius 1 is 1.03 bits per heavy atom. The van der Waals surface area contributed by atoms with E-state index in [0.29, 0.717) is 13.2 Å². The maximum atomic E-state index is 12.7. The summed E-state index contributed by atoms with van der Waals surface area (Å²) in [5.74, 6) is -2.63. The number of ether oxygens (including phenoxy) is 1. The molecule has 1 aliphatic heterocycles. The molecule has 0 bridgehead atoms. The molecule has 1 aliphatic carbocycles. The zero-order valence-corrected chi connectivity index (χ0v) is 19.4. The molecule has 10 heteroatoms. The molecule has 2 aliphatic rings. The first kappa shape index (κ1) is 25.4. The van der Waals surface area contributed by atoms with Gasteiger partial charge in [-0.3, -0.25) is 9.48 Å². The summed E-state index contributed by atoms with van der Waals surface area (Å²) in [5.41, 5.74) is 5.99. The number of carboxylic acid groups (broad SMARTS) is 1. The van der Waals surface area contributed by atoms with Crippen LogP contribution >= 0.6 is 0 Å². The highest BCUT2D eigenvalue weighted by Gasteiger charge is 2.38. The van der Waals surface area contributed by atoms with Crippen LogP contribution in [0.4, 0.5) is 13.2 Å². The Balaban J connectivity index is 0.000000384. The second-order valence-corrected chi connectivity index (χ2v) is 8.75. The molecule has 2 N–H and O–H groups in total. The van der Waals surface area contributed by atoms with Crippen LogP contribution in [0.15, 0.2) is 60.8 Å². The van der Waals surface area contributed by atoms with Crippen molar-refractivity contribution in [1.29, 1.82) is 0 Å². The first-order valence-electron chi connectivity index (χ1n) is 11.6. The van der Waals surface area contributed by atoms with E-state index >= 15 is 0 Å². The van der Waals surface area contributed by atoms with Gasteiger partial charge in [0.15, 0.2) is 0 Å². The number of carbonyl (C=O) groups is 2. The van der Waals surface area contributed by atoms with E-state index in [9.17, 15) is 18.0 Å². The van der Waals surface area contributed by atoms with Crippen molar-refractivity contribution in [2.45, 2.75) is 38.1 Å². The summed E-state index contributed by atoms with van der Waals surface area (Å²) < 4.78 is 39.7. The van der Waals surface area contributed by atoms with Gasteiger partial charge >= 0.3 is 12.1 Å². The Hall–Kier alpha value is -3.66. The monoisotopic (exact) mass is 501 g/mol. The van der Waals surface area contributed by atoms with Gasteiger partial charge in [-0.25, -0.2) is 4.79 Å². The minimum absolute atomic E-state index is 0.0195. The van der Waals surface area contributed by atoms with Crippen LogP contribution in [0.3, 0.4) is 0 Å². The van der Waals surface area contributed by atoms with Crippen molar-refractivity contribution < 1.29 is 32.6 Å². The topological polar surface area (TPSA) is 93.5 Å². The zero-order valence-electron chi connectivity index (χ0n) is 19.4. The number of hydrogen-bond donors (Lipinski definition) is 2. The fourth-order valence-electron chi connectivity index (χ4n) is 4.42. The van der Waals surface area contributed by atoms with Gasteiger partial charge in [0.1, 0.15) is 6.10 Å². The lowest BCUT2D eigenvalue weighted by Gasteiger charge is -2.23. The molecule has 0 radical (unpaired) electrons. The van der Waals surface area contributed by atoms with Crippen LogP contribution in [-0.4, -0.2) is 46.1 Å². The normalized spacial score (nSPS) is 16.9. The number of amides is 1. The first-order valence-corrected chi connectivity index (χ1v) is 11.6. The molecular weight excluding hydrogens is 475 g/mol. The number of carboxylic acids is 1. The predicted octanol–water partition coefficient (Wildman–Crippen LogP) is 3.71. The third kappa shape index (κ3) is 6.31. The van der Waals surface area contributed by atoms with Crippen molar-refractivity contribution >= 4 is 11.9 Å². The molecule has 1 atom stereocenters. The molecule has 1 aromatic heterocycles. The predicted molar refractivity (Wildman–Crippen MR) is 124 cm³/mol. The van der Waals surface area contributed by atoms with E-state index in [-0.39, 0.29) is 17.9 Å². The zero-order chi connectivity index (χ0) is 25.7. The molecule has 1 unspecified atom stereocenters. The minimum atomic E-state index is -5.08. The maximum absolute atomic E-state index is 12.7. The van der Waals surface area contributed by atoms with Crippen molar-refractivity contribution in [3.05, 3.63) is 88.7 Å². The average molecular weight is 502 g/mol. The number of nitrogens with zero attached hydrogens (tertiary/aromatic N) is 2. The number of aromatic nitrogens is 2. The molecule has 0 saturated heterocycles. The van der Waals surface area contributed by atoms with Gasteiger partial charge < -0.3 is 15.2 Å². The molecule has 1 amide bonds. The lowest BCUT2D eigenvalue weighted by molar-refractivity contribution is -0.192. The summed E-state index contributed by atoms with van der Waals surface area (Å²) in [6.45, 7) is 1.88. The quantitative estimate of drug-likeness (QED) is 0.556. The van der Waals surface area contributed by atoms with Crippen molar-refractivity contribution in [1.82, 2.24) is 15.1 Å². The molecule has 0 fully saturated rings. The summed E-state index contributed by atoms with van der Waals surface area (Å²) in [4.78, 5) is 21.6. The molecule has 190 valence electrons. The fourth-order valence-corrected chi connectivity index (χ4v) is 4.42. The van der Waals surface area contributed by atoms with Crippen molar-refractivity contribution in [2.24, 2.45) is 5.92 Å². The van der Waals surface area contributed by atoms with Gasteiger partial charge in [0, 0.05) is 18.7 Å². The van der Waals surface area contributed by atoms with Gasteiger partial charge in [-0.2, -0.15) is 18.3 Å². The van der Waals surface area contributed by atoms with Gasteiger partial charge in [-0.1, -0.05) is 54.6 Å². The van der Waals surface area contributed by atoms with Crippen molar-refractivity contribution in [3.63, 3.8) is 0 Å². The smallest absolute Gasteiger partial charge is 0.475 e. The van der Waals surface area contributed by atoms with E-state index in [2.05, 4.69) is 35.8 Å². The first-order chi connectivity index (χ1) is 17.2. The van der Waals surface area contributed by atoms with E-state index in [1.807, 2.05) is 35.0 Å². The molecule has 2 heterocycles. The summed E-state index contributed by atoms with van der Waals surface area (Å²) in [6, 6.07) is 18.7. The van der Waals surface area contributed by atoms with E-state index in [4.69, 9.17) is 19.7 Å². The highest BCUT2D eigenvalue weighted by molar-refractivity contribution is 5.80. The number of halogens is 3. The molecule has 0 spiro atoms. The van der Waals surface area contributed by atoms with E-state index in [1.54, 1.807) is 0 Å². The highest BCUT2D eigenvalue weighted by atomic mass is 19.4. The number of fused-ring (bicyclic) bond motifs is 2. The number of aliphatic carboxylic acids is 1. The molecule has 2 aromatic carbocycles. The maximum Gasteiger partial charge on any atom is 0.490 e. The second-order valence-electron chi connectivity index (χ2n) is 8.75. The van der Waals surface area contributed by atoms with Gasteiger partial charge in [0.25, 0.3) is 0 Å². The second kappa shape index (κ2) is 10.9. The Morgan fingerprint density at radius 3 is 2.25 bits per heavy atom. The Morgan fingerprint density at radius 2 is 1.64 bits per heavy atom. The largest absolute Gasteiger partial charge is 0.490 e. The number of nitrogens with one attached hydrogen (secondary N) is 1. The number of benzene rings is 2. The Bertz CT molecular complexity index is 1190. The number of carbonyl (C=O) groups excluding carboxylic acids is 1. The molecule has 3 aromatic rings. The summed E-state index contributed by atoms with van der Waals surface area (Å²) in [7, 11) is 0. The van der Waals surface area contributed by atoms with Crippen molar-refractivity contribution in [3.8, 4) is 0 Å². The van der Waals surface area contributed by atoms with E-state index < -0.39 is 12.1 Å². The highest BCUT2D eigenvalue weighted by Crippen LogP contribution is 2.28. The summed E-state index contributed by atoms with van der Waals surface area (Å²) in [6.07, 6.45) is -0.627. The van der Waals surface area contributed by atoms with Crippen LogP contribution in [0.25, 0.3) is 0 Å². The van der Waals surface area contributed by atoms with Crippen molar-refractivity contribution in [2.75, 3.05) is 13.2 Å². The molecular formula is C26H26F3N3O4. The SMILES string of the molecule is O=C(NCC1OCCc2cn(Cc3ccccc3)nc21)C1Cc2ccccc2C1.O=C(O)C(F)(F)F. The van der Waals surface area contributed by atoms with Gasteiger partial charge in [-0.15, -0.1) is 0 Å². The van der Waals surface area contributed by atoms with Crippen LogP contribution in [-0.2, 0) is 40.1 Å². The van der Waals surface area contributed by atoms with Crippen LogP contribution in [0.5, 0.6) is 0 Å². The standard InChI is InChI=1S/C24H25N3O2.C2HF3O2/c28-24(21-12-18-8-4-5-9-19(18)13-21)25-14-22-23-20(10-11-29-22)16-27(26-23)15-17-6-2-1-3-7-17;3-2(4,5)1(6)7/h1-9,16,21-22H,10-15H2,(H,25,28);(H,6,7). The minimum Gasteiger partial charge on any atom is -0.475 e. The third-order valence-corrected chi connectivity index (χ3v) is 6.18. The van der Waals surface area contributed by atoms with E-state index in [1.165, 1.54) is 22.3 Å². The lowest BCUT2D eigenvalue weighted by atomic mass is 10.0. The van der Waals surface area contributed by atoms with Crippen LogP contribution < -0.4 is 5.32 Å². The summed E-state index contributed by atoms with van der Waals surface area (Å²) >= 11 is 0. The fraction of sp³-hybridized carbons (Fsp3) is 0.346. The molecule has 36 heavy (non-hydrogen) atoms. The number of rotatable bonds is 5. The van der Waals surface area contributed by atoms with Crippen LogP contribution in [0.2, 0.25) is 0 Å². The number of hydrogen-bond acceptors (Lipinski definition) is 4. The van der Waals surface area contributed by atoms with Crippen LogP contribution in [0, 0.1) is 5.92 Å². The molecule has 0 saturated carbocycles. The Labute approximate surface area is 205 Å². The lowest BCUT2D eigenvalue weighted by Crippen LogP contribution is -2.36. The Kier molecular flexibility index (Phi) is 7.73. The van der Waals surface area contributed by atoms with Crippen LogP contribution in [0.1, 0.15) is 34.1 Å². The van der Waals surface area contributed by atoms with Gasteiger partial charge in [-0.05, 0) is 41.5 Å². The van der Waals surface area contributed by atoms with Gasteiger partial charge in [0.05, 0.1) is 18.8 Å². The number of alkyl halides is 3.